The Hall–Kier alpha value is -2.90. The molecule has 150 valence electrons. The summed E-state index contributed by atoms with van der Waals surface area (Å²) in [4.78, 5) is 13.5. The van der Waals surface area contributed by atoms with Crippen LogP contribution in [0.4, 0.5) is 14.7 Å². The van der Waals surface area contributed by atoms with Gasteiger partial charge in [-0.05, 0) is 44.2 Å². The van der Waals surface area contributed by atoms with Gasteiger partial charge in [-0.25, -0.2) is 28.2 Å². The zero-order valence-electron chi connectivity index (χ0n) is 16.0. The van der Waals surface area contributed by atoms with Gasteiger partial charge in [-0.2, -0.15) is 5.10 Å². The van der Waals surface area contributed by atoms with Crippen molar-refractivity contribution >= 4 is 17.2 Å². The van der Waals surface area contributed by atoms with Crippen LogP contribution in [-0.2, 0) is 6.42 Å². The predicted octanol–water partition coefficient (Wildman–Crippen LogP) is 4.28. The first-order valence-corrected chi connectivity index (χ1v) is 10.1. The molecule has 0 amide bonds. The van der Waals surface area contributed by atoms with Gasteiger partial charge < -0.3 is 5.32 Å². The largest absolute Gasteiger partial charge is 0.351 e. The molecule has 0 spiro atoms. The molecule has 0 unspecified atom stereocenters. The fourth-order valence-electron chi connectivity index (χ4n) is 4.10. The lowest BCUT2D eigenvalue weighted by Crippen LogP contribution is -2.32. The summed E-state index contributed by atoms with van der Waals surface area (Å²) < 4.78 is 28.5. The number of halogens is 2. The van der Waals surface area contributed by atoms with Crippen LogP contribution in [0.25, 0.3) is 11.2 Å². The Morgan fingerprint density at radius 1 is 1.14 bits per heavy atom. The topological polar surface area (TPSA) is 68.0 Å². The first-order valence-electron chi connectivity index (χ1n) is 10.1. The second-order valence-electron chi connectivity index (χ2n) is 7.79. The van der Waals surface area contributed by atoms with Gasteiger partial charge in [-0.3, -0.25) is 0 Å². The van der Waals surface area contributed by atoms with Gasteiger partial charge in [0.15, 0.2) is 5.65 Å². The number of hydrogen-bond acceptors (Lipinski definition) is 5. The summed E-state index contributed by atoms with van der Waals surface area (Å²) in [5.74, 6) is -2.01. The van der Waals surface area contributed by atoms with Crippen molar-refractivity contribution < 1.29 is 8.78 Å². The Morgan fingerprint density at radius 3 is 2.86 bits per heavy atom. The van der Waals surface area contributed by atoms with E-state index in [1.807, 2.05) is 24.5 Å². The van der Waals surface area contributed by atoms with Crippen molar-refractivity contribution in [3.8, 4) is 0 Å². The number of alkyl halides is 2. The number of nitrogens with zero attached hydrogens (tertiary/aromatic N) is 5. The van der Waals surface area contributed by atoms with Gasteiger partial charge in [0.25, 0.3) is 0 Å². The fourth-order valence-corrected chi connectivity index (χ4v) is 4.10. The minimum absolute atomic E-state index is 0.00113. The van der Waals surface area contributed by atoms with Crippen LogP contribution in [0.15, 0.2) is 36.8 Å². The van der Waals surface area contributed by atoms with E-state index >= 15 is 0 Å². The lowest BCUT2D eigenvalue weighted by molar-refractivity contribution is -0.0361. The second kappa shape index (κ2) is 7.17. The summed E-state index contributed by atoms with van der Waals surface area (Å²) >= 11 is 0. The van der Waals surface area contributed by atoms with E-state index < -0.39 is 5.92 Å². The Labute approximate surface area is 167 Å². The monoisotopic (exact) mass is 396 g/mol. The SMILES string of the molecule is FC1(F)CCC(Nc2ncc3c(n2)CCCC=C3c2ccc3nccn3n2)CC1. The molecule has 0 aliphatic heterocycles. The molecule has 1 fully saturated rings. The van der Waals surface area contributed by atoms with Crippen molar-refractivity contribution in [3.63, 3.8) is 0 Å². The van der Waals surface area contributed by atoms with Crippen molar-refractivity contribution in [1.29, 1.82) is 0 Å². The number of aryl methyl sites for hydroxylation is 1. The highest BCUT2D eigenvalue weighted by molar-refractivity contribution is 5.79. The molecule has 3 aromatic heterocycles. The molecule has 29 heavy (non-hydrogen) atoms. The number of fused-ring (bicyclic) bond motifs is 2. The third-order valence-electron chi connectivity index (χ3n) is 5.71. The van der Waals surface area contributed by atoms with E-state index in [1.54, 1.807) is 10.7 Å². The molecule has 6 nitrogen and oxygen atoms in total. The predicted molar refractivity (Wildman–Crippen MR) is 106 cm³/mol. The molecular weight excluding hydrogens is 374 g/mol. The molecule has 5 rings (SSSR count). The van der Waals surface area contributed by atoms with Gasteiger partial charge in [0, 0.05) is 48.6 Å². The van der Waals surface area contributed by atoms with E-state index in [0.29, 0.717) is 18.8 Å². The summed E-state index contributed by atoms with van der Waals surface area (Å²) in [5, 5.41) is 7.93. The third-order valence-corrected chi connectivity index (χ3v) is 5.71. The molecule has 0 atom stereocenters. The Balaban J connectivity index is 1.41. The van der Waals surface area contributed by atoms with Crippen LogP contribution in [0.1, 0.15) is 55.5 Å². The van der Waals surface area contributed by atoms with Gasteiger partial charge >= 0.3 is 0 Å². The molecule has 2 aliphatic rings. The fraction of sp³-hybridized carbons (Fsp3) is 0.429. The van der Waals surface area contributed by atoms with Crippen molar-refractivity contribution in [3.05, 3.63) is 53.8 Å². The van der Waals surface area contributed by atoms with Crippen molar-refractivity contribution in [1.82, 2.24) is 24.6 Å². The average molecular weight is 396 g/mol. The molecule has 8 heteroatoms. The molecule has 2 aliphatic carbocycles. The van der Waals surface area contributed by atoms with Crippen LogP contribution < -0.4 is 5.32 Å². The van der Waals surface area contributed by atoms with E-state index in [1.165, 1.54) is 0 Å². The summed E-state index contributed by atoms with van der Waals surface area (Å²) in [6, 6.07) is 3.92. The first-order chi connectivity index (χ1) is 14.1. The van der Waals surface area contributed by atoms with E-state index in [9.17, 15) is 8.78 Å². The van der Waals surface area contributed by atoms with Crippen molar-refractivity contribution in [2.75, 3.05) is 5.32 Å². The van der Waals surface area contributed by atoms with Crippen molar-refractivity contribution in [2.24, 2.45) is 0 Å². The maximum atomic E-state index is 13.4. The maximum Gasteiger partial charge on any atom is 0.248 e. The second-order valence-corrected chi connectivity index (χ2v) is 7.79. The highest BCUT2D eigenvalue weighted by Gasteiger charge is 2.35. The van der Waals surface area contributed by atoms with Crippen LogP contribution in [-0.4, -0.2) is 36.5 Å². The van der Waals surface area contributed by atoms with E-state index in [-0.39, 0.29) is 18.9 Å². The molecule has 1 saturated carbocycles. The minimum Gasteiger partial charge on any atom is -0.351 e. The minimum atomic E-state index is -2.53. The van der Waals surface area contributed by atoms with Crippen LogP contribution in [0.2, 0.25) is 0 Å². The van der Waals surface area contributed by atoms with Gasteiger partial charge in [0.05, 0.1) is 11.4 Å². The van der Waals surface area contributed by atoms with Gasteiger partial charge in [-0.15, -0.1) is 0 Å². The van der Waals surface area contributed by atoms with Crippen LogP contribution in [0.5, 0.6) is 0 Å². The molecule has 0 bridgehead atoms. The lowest BCUT2D eigenvalue weighted by atomic mass is 9.92. The lowest BCUT2D eigenvalue weighted by Gasteiger charge is -2.28. The van der Waals surface area contributed by atoms with Gasteiger partial charge in [0.2, 0.25) is 11.9 Å². The molecule has 0 radical (unpaired) electrons. The maximum absolute atomic E-state index is 13.4. The molecule has 0 aromatic carbocycles. The number of imidazole rings is 1. The summed E-state index contributed by atoms with van der Waals surface area (Å²) in [6.45, 7) is 0. The molecule has 1 N–H and O–H groups in total. The smallest absolute Gasteiger partial charge is 0.248 e. The average Bonchev–Trinajstić information content (AvgIpc) is 3.08. The number of nitrogens with one attached hydrogen (secondary N) is 1. The van der Waals surface area contributed by atoms with Crippen LogP contribution >= 0.6 is 0 Å². The highest BCUT2D eigenvalue weighted by atomic mass is 19.3. The first kappa shape index (κ1) is 18.1. The Kier molecular flexibility index (Phi) is 4.49. The summed E-state index contributed by atoms with van der Waals surface area (Å²) in [6.07, 6.45) is 11.1. The zero-order chi connectivity index (χ0) is 19.8. The number of hydrogen-bond donors (Lipinski definition) is 1. The van der Waals surface area contributed by atoms with E-state index in [0.717, 1.165) is 47.4 Å². The van der Waals surface area contributed by atoms with Gasteiger partial charge in [-0.1, -0.05) is 6.08 Å². The number of anilines is 1. The third kappa shape index (κ3) is 3.71. The van der Waals surface area contributed by atoms with Crippen molar-refractivity contribution in [2.45, 2.75) is 56.9 Å². The summed E-state index contributed by atoms with van der Waals surface area (Å²) in [5.41, 5.74) is 4.64. The number of allylic oxidation sites excluding steroid dienone is 1. The van der Waals surface area contributed by atoms with Crippen LogP contribution in [0.3, 0.4) is 0 Å². The van der Waals surface area contributed by atoms with Crippen LogP contribution in [0, 0.1) is 0 Å². The van der Waals surface area contributed by atoms with E-state index in [4.69, 9.17) is 4.98 Å². The van der Waals surface area contributed by atoms with Gasteiger partial charge in [0.1, 0.15) is 0 Å². The normalized spacial score (nSPS) is 19.4. The Morgan fingerprint density at radius 2 is 2.00 bits per heavy atom. The number of rotatable bonds is 3. The molecule has 3 heterocycles. The standard InChI is InChI=1S/C21H22F2N6/c22-21(23)9-7-14(8-10-21)26-20-25-13-16-15(3-1-2-4-17(16)27-20)18-5-6-19-24-11-12-29(19)28-18/h3,5-6,11-14H,1-2,4,7-10H2,(H,25,26,27). The molecule has 0 saturated heterocycles. The summed E-state index contributed by atoms with van der Waals surface area (Å²) in [7, 11) is 0. The highest BCUT2D eigenvalue weighted by Crippen LogP contribution is 2.34. The quantitative estimate of drug-likeness (QED) is 0.716. The number of aromatic nitrogens is 5. The molecular formula is C21H22F2N6. The Bertz CT molecular complexity index is 1060. The van der Waals surface area contributed by atoms with E-state index in [2.05, 4.69) is 26.5 Å². The molecule has 3 aromatic rings. The zero-order valence-corrected chi connectivity index (χ0v) is 16.0.